The largest absolute Gasteiger partial charge is 0.466 e. The molecule has 1 fully saturated rings. The highest BCUT2D eigenvalue weighted by molar-refractivity contribution is 5.74. The van der Waals surface area contributed by atoms with Crippen LogP contribution in [0.1, 0.15) is 44.4 Å². The molecule has 3 atom stereocenters. The lowest BCUT2D eigenvalue weighted by molar-refractivity contribution is 0.0365. The molecule has 3 N–H and O–H groups in total. The molecule has 0 saturated heterocycles. The van der Waals surface area contributed by atoms with Gasteiger partial charge in [-0.05, 0) is 38.0 Å². The van der Waals surface area contributed by atoms with Crippen LogP contribution in [0, 0.1) is 0 Å². The van der Waals surface area contributed by atoms with Gasteiger partial charge >= 0.3 is 6.03 Å². The van der Waals surface area contributed by atoms with E-state index in [0.29, 0.717) is 5.76 Å². The molecule has 0 aromatic carbocycles. The van der Waals surface area contributed by atoms with Crippen LogP contribution in [0.4, 0.5) is 4.79 Å². The maximum absolute atomic E-state index is 12.2. The smallest absolute Gasteiger partial charge is 0.315 e. The third kappa shape index (κ3) is 3.79. The Morgan fingerprint density at radius 1 is 1.46 bits per heavy atom. The molecule has 0 aliphatic heterocycles. The molecule has 130 valence electrons. The van der Waals surface area contributed by atoms with E-state index in [1.807, 2.05) is 16.9 Å². The molecule has 7 nitrogen and oxygen atoms in total. The Balaban J connectivity index is 1.55. The summed E-state index contributed by atoms with van der Waals surface area (Å²) in [5.41, 5.74) is -1.24. The van der Waals surface area contributed by atoms with Gasteiger partial charge in [-0.1, -0.05) is 12.8 Å². The fourth-order valence-corrected chi connectivity index (χ4v) is 3.22. The van der Waals surface area contributed by atoms with Crippen molar-refractivity contribution in [1.82, 2.24) is 20.4 Å². The number of hydrogen-bond donors (Lipinski definition) is 3. The lowest BCUT2D eigenvalue weighted by Crippen LogP contribution is -2.50. The number of aliphatic hydroxyl groups is 1. The van der Waals surface area contributed by atoms with Gasteiger partial charge in [-0.3, -0.25) is 4.68 Å². The van der Waals surface area contributed by atoms with Gasteiger partial charge in [-0.25, -0.2) is 4.79 Å². The average Bonchev–Trinajstić information content (AvgIpc) is 3.27. The molecule has 2 amide bonds. The van der Waals surface area contributed by atoms with Crippen molar-refractivity contribution in [3.8, 4) is 0 Å². The standard InChI is InChI=1S/C17H24N4O3/c1-17(23,15-8-4-11-24-15)12-18-16(22)20-13-6-2-3-7-14(13)21-10-5-9-19-21/h4-5,8-11,13-14,23H,2-3,6-7,12H2,1H3,(H2,18,20,22)/t13-,14+,17+/m1/s1. The summed E-state index contributed by atoms with van der Waals surface area (Å²) in [5.74, 6) is 0.426. The first-order valence-electron chi connectivity index (χ1n) is 8.36. The van der Waals surface area contributed by atoms with Crippen molar-refractivity contribution in [2.24, 2.45) is 0 Å². The SMILES string of the molecule is C[C@](O)(CNC(=O)N[C@@H]1CCCC[C@@H]1n1cccn1)c1ccco1. The predicted octanol–water partition coefficient (Wildman–Crippen LogP) is 2.17. The number of nitrogens with zero attached hydrogens (tertiary/aromatic N) is 2. The summed E-state index contributed by atoms with van der Waals surface area (Å²) in [7, 11) is 0. The van der Waals surface area contributed by atoms with Crippen LogP contribution < -0.4 is 10.6 Å². The molecule has 0 radical (unpaired) electrons. The first-order chi connectivity index (χ1) is 11.6. The summed E-state index contributed by atoms with van der Waals surface area (Å²) < 4.78 is 7.13. The van der Waals surface area contributed by atoms with E-state index in [2.05, 4.69) is 15.7 Å². The molecule has 2 heterocycles. The molecule has 0 bridgehead atoms. The molecular formula is C17H24N4O3. The fourth-order valence-electron chi connectivity index (χ4n) is 3.22. The Labute approximate surface area is 141 Å². The van der Waals surface area contributed by atoms with Gasteiger partial charge in [-0.15, -0.1) is 0 Å². The number of carbonyl (C=O) groups is 1. The summed E-state index contributed by atoms with van der Waals surface area (Å²) in [5, 5.41) is 20.4. The van der Waals surface area contributed by atoms with Crippen molar-refractivity contribution in [3.05, 3.63) is 42.6 Å². The number of aromatic nitrogens is 2. The molecule has 2 aromatic heterocycles. The van der Waals surface area contributed by atoms with Gasteiger partial charge in [0.05, 0.1) is 24.9 Å². The van der Waals surface area contributed by atoms with E-state index >= 15 is 0 Å². The van der Waals surface area contributed by atoms with Crippen LogP contribution in [-0.2, 0) is 5.60 Å². The summed E-state index contributed by atoms with van der Waals surface area (Å²) in [6.07, 6.45) is 9.34. The number of hydrogen-bond acceptors (Lipinski definition) is 4. The Hall–Kier alpha value is -2.28. The number of furan rings is 1. The summed E-state index contributed by atoms with van der Waals surface area (Å²) in [6.45, 7) is 1.69. The number of urea groups is 1. The van der Waals surface area contributed by atoms with Crippen molar-refractivity contribution >= 4 is 6.03 Å². The molecular weight excluding hydrogens is 308 g/mol. The third-order valence-corrected chi connectivity index (χ3v) is 4.56. The normalized spacial score (nSPS) is 23.4. The Bertz CT molecular complexity index is 637. The maximum Gasteiger partial charge on any atom is 0.315 e. The average molecular weight is 332 g/mol. The van der Waals surface area contributed by atoms with E-state index in [1.165, 1.54) is 6.26 Å². The van der Waals surface area contributed by atoms with Crippen molar-refractivity contribution < 1.29 is 14.3 Å². The zero-order valence-corrected chi connectivity index (χ0v) is 13.8. The van der Waals surface area contributed by atoms with Crippen molar-refractivity contribution in [3.63, 3.8) is 0 Å². The molecule has 0 spiro atoms. The minimum absolute atomic E-state index is 0.0345. The van der Waals surface area contributed by atoms with E-state index in [0.717, 1.165) is 25.7 Å². The van der Waals surface area contributed by atoms with Gasteiger partial charge < -0.3 is 20.2 Å². The zero-order chi connectivity index (χ0) is 17.0. The molecule has 2 aromatic rings. The van der Waals surface area contributed by atoms with Crippen LogP contribution >= 0.6 is 0 Å². The minimum Gasteiger partial charge on any atom is -0.466 e. The van der Waals surface area contributed by atoms with Gasteiger partial charge in [0.25, 0.3) is 0 Å². The first kappa shape index (κ1) is 16.6. The zero-order valence-electron chi connectivity index (χ0n) is 13.8. The van der Waals surface area contributed by atoms with Crippen molar-refractivity contribution in [2.45, 2.75) is 50.3 Å². The summed E-state index contributed by atoms with van der Waals surface area (Å²) >= 11 is 0. The lowest BCUT2D eigenvalue weighted by Gasteiger charge is -2.32. The maximum atomic E-state index is 12.2. The van der Waals surface area contributed by atoms with Crippen LogP contribution in [0.3, 0.4) is 0 Å². The predicted molar refractivity (Wildman–Crippen MR) is 88.3 cm³/mol. The van der Waals surface area contributed by atoms with Crippen LogP contribution in [0.15, 0.2) is 41.3 Å². The molecule has 24 heavy (non-hydrogen) atoms. The van der Waals surface area contributed by atoms with Crippen molar-refractivity contribution in [2.75, 3.05) is 6.54 Å². The van der Waals surface area contributed by atoms with Gasteiger partial charge in [0, 0.05) is 12.4 Å². The fraction of sp³-hybridized carbons (Fsp3) is 0.529. The van der Waals surface area contributed by atoms with E-state index < -0.39 is 5.60 Å². The van der Waals surface area contributed by atoms with Gasteiger partial charge in [0.2, 0.25) is 0 Å². The number of nitrogens with one attached hydrogen (secondary N) is 2. The lowest BCUT2D eigenvalue weighted by atomic mass is 9.90. The van der Waals surface area contributed by atoms with Crippen LogP contribution in [0.2, 0.25) is 0 Å². The number of carbonyl (C=O) groups excluding carboxylic acids is 1. The molecule has 7 heteroatoms. The second kappa shape index (κ2) is 7.09. The van der Waals surface area contributed by atoms with Gasteiger partial charge in [-0.2, -0.15) is 5.10 Å². The molecule has 0 unspecified atom stereocenters. The van der Waals surface area contributed by atoms with E-state index in [-0.39, 0.29) is 24.7 Å². The molecule has 1 saturated carbocycles. The monoisotopic (exact) mass is 332 g/mol. The van der Waals surface area contributed by atoms with Crippen LogP contribution in [-0.4, -0.2) is 33.5 Å². The number of amides is 2. The highest BCUT2D eigenvalue weighted by Gasteiger charge is 2.30. The quantitative estimate of drug-likeness (QED) is 0.782. The Morgan fingerprint density at radius 3 is 3.00 bits per heavy atom. The van der Waals surface area contributed by atoms with Crippen LogP contribution in [0.25, 0.3) is 0 Å². The van der Waals surface area contributed by atoms with Crippen LogP contribution in [0.5, 0.6) is 0 Å². The van der Waals surface area contributed by atoms with E-state index in [1.54, 1.807) is 25.3 Å². The topological polar surface area (TPSA) is 92.3 Å². The highest BCUT2D eigenvalue weighted by atomic mass is 16.4. The second-order valence-electron chi connectivity index (χ2n) is 6.52. The van der Waals surface area contributed by atoms with Crippen molar-refractivity contribution in [1.29, 1.82) is 0 Å². The van der Waals surface area contributed by atoms with Gasteiger partial charge in [0.15, 0.2) is 0 Å². The van der Waals surface area contributed by atoms with Gasteiger partial charge in [0.1, 0.15) is 11.4 Å². The second-order valence-corrected chi connectivity index (χ2v) is 6.52. The molecule has 3 rings (SSSR count). The van der Waals surface area contributed by atoms with E-state index in [4.69, 9.17) is 4.42 Å². The minimum atomic E-state index is -1.24. The molecule has 1 aliphatic carbocycles. The Morgan fingerprint density at radius 2 is 2.29 bits per heavy atom. The van der Waals surface area contributed by atoms with E-state index in [9.17, 15) is 9.90 Å². The third-order valence-electron chi connectivity index (χ3n) is 4.56. The summed E-state index contributed by atoms with van der Waals surface area (Å²) in [4.78, 5) is 12.2. The summed E-state index contributed by atoms with van der Waals surface area (Å²) in [6, 6.07) is 5.21. The Kier molecular flexibility index (Phi) is 4.89. The highest BCUT2D eigenvalue weighted by Crippen LogP contribution is 2.28. The molecule has 1 aliphatic rings. The first-order valence-corrected chi connectivity index (χ1v) is 8.36. The number of rotatable bonds is 5.